The normalized spacial score (nSPS) is 10.0. The average Bonchev–Trinajstić information content (AvgIpc) is 2.67. The molecular formula is C10H8N2OS. The molecule has 1 aromatic carbocycles. The predicted octanol–water partition coefficient (Wildman–Crippen LogP) is 2.20. The van der Waals surface area contributed by atoms with E-state index in [-0.39, 0.29) is 0 Å². The minimum absolute atomic E-state index is 0.452. The lowest BCUT2D eigenvalue weighted by molar-refractivity contribution is 0.111. The smallest absolute Gasteiger partial charge is 0.169 e. The highest BCUT2D eigenvalue weighted by molar-refractivity contribution is 7.13. The molecule has 0 aliphatic carbocycles. The van der Waals surface area contributed by atoms with Crippen LogP contribution in [0.2, 0.25) is 0 Å². The van der Waals surface area contributed by atoms with Gasteiger partial charge in [-0.2, -0.15) is 0 Å². The molecule has 2 rings (SSSR count). The highest BCUT2D eigenvalue weighted by Gasteiger charge is 2.06. The average molecular weight is 204 g/mol. The van der Waals surface area contributed by atoms with Gasteiger partial charge >= 0.3 is 0 Å². The third kappa shape index (κ3) is 1.52. The molecule has 0 saturated carbocycles. The van der Waals surface area contributed by atoms with Gasteiger partial charge in [0, 0.05) is 16.6 Å². The van der Waals surface area contributed by atoms with Crippen molar-refractivity contribution in [3.8, 4) is 10.6 Å². The number of aldehydes is 1. The lowest BCUT2D eigenvalue weighted by Gasteiger charge is -1.99. The van der Waals surface area contributed by atoms with Crippen molar-refractivity contribution in [3.05, 3.63) is 35.3 Å². The van der Waals surface area contributed by atoms with E-state index < -0.39 is 0 Å². The third-order valence-corrected chi connectivity index (χ3v) is 2.73. The first-order chi connectivity index (χ1) is 6.81. The second-order valence-corrected chi connectivity index (χ2v) is 3.64. The number of carbonyl (C=O) groups excluding carboxylic acids is 1. The number of anilines is 1. The minimum Gasteiger partial charge on any atom is -0.398 e. The van der Waals surface area contributed by atoms with Crippen molar-refractivity contribution in [2.24, 2.45) is 0 Å². The molecule has 14 heavy (non-hydrogen) atoms. The molecule has 2 N–H and O–H groups in total. The number of aromatic nitrogens is 1. The highest BCUT2D eigenvalue weighted by atomic mass is 32.1. The number of carbonyl (C=O) groups is 1. The first-order valence-corrected chi connectivity index (χ1v) is 4.95. The quantitative estimate of drug-likeness (QED) is 0.602. The molecule has 0 aliphatic heterocycles. The summed E-state index contributed by atoms with van der Waals surface area (Å²) >= 11 is 1.42. The Hall–Kier alpha value is -1.68. The van der Waals surface area contributed by atoms with Gasteiger partial charge in [-0.3, -0.25) is 4.79 Å². The van der Waals surface area contributed by atoms with Crippen molar-refractivity contribution in [1.29, 1.82) is 0 Å². The molecule has 0 atom stereocenters. The van der Waals surface area contributed by atoms with Gasteiger partial charge < -0.3 is 5.73 Å². The van der Waals surface area contributed by atoms with Crippen LogP contribution in [0.5, 0.6) is 0 Å². The zero-order chi connectivity index (χ0) is 9.97. The first kappa shape index (κ1) is 8.90. The van der Waals surface area contributed by atoms with Crippen LogP contribution in [0.3, 0.4) is 0 Å². The molecule has 0 aliphatic rings. The standard InChI is InChI=1S/C10H8N2OS/c11-9-4-2-1-3-8(9)10-12-7(5-13)6-14-10/h1-6H,11H2. The van der Waals surface area contributed by atoms with Gasteiger partial charge in [0.05, 0.1) is 0 Å². The Labute approximate surface area is 85.2 Å². The first-order valence-electron chi connectivity index (χ1n) is 4.07. The van der Waals surface area contributed by atoms with Gasteiger partial charge in [-0.15, -0.1) is 11.3 Å². The fourth-order valence-corrected chi connectivity index (χ4v) is 1.97. The van der Waals surface area contributed by atoms with Crippen LogP contribution in [0.4, 0.5) is 5.69 Å². The van der Waals surface area contributed by atoms with Crippen LogP contribution in [0.25, 0.3) is 10.6 Å². The second-order valence-electron chi connectivity index (χ2n) is 2.78. The Kier molecular flexibility index (Phi) is 2.28. The summed E-state index contributed by atoms with van der Waals surface area (Å²) in [5.41, 5.74) is 7.79. The summed E-state index contributed by atoms with van der Waals surface area (Å²) in [6, 6.07) is 7.47. The molecule has 1 aromatic heterocycles. The molecule has 0 radical (unpaired) electrons. The lowest BCUT2D eigenvalue weighted by Crippen LogP contribution is -1.88. The van der Waals surface area contributed by atoms with Crippen LogP contribution >= 0.6 is 11.3 Å². The largest absolute Gasteiger partial charge is 0.398 e. The molecule has 1 heterocycles. The summed E-state index contributed by atoms with van der Waals surface area (Å²) in [6.07, 6.45) is 0.735. The van der Waals surface area contributed by atoms with Crippen LogP contribution in [0.1, 0.15) is 10.5 Å². The van der Waals surface area contributed by atoms with Crippen molar-refractivity contribution in [2.75, 3.05) is 5.73 Å². The van der Waals surface area contributed by atoms with E-state index in [9.17, 15) is 4.79 Å². The molecule has 0 spiro atoms. The van der Waals surface area contributed by atoms with Crippen molar-refractivity contribution >= 4 is 23.3 Å². The van der Waals surface area contributed by atoms with E-state index in [2.05, 4.69) is 4.98 Å². The van der Waals surface area contributed by atoms with Gasteiger partial charge in [0.15, 0.2) is 6.29 Å². The zero-order valence-corrected chi connectivity index (χ0v) is 8.12. The molecule has 70 valence electrons. The maximum absolute atomic E-state index is 10.4. The van der Waals surface area contributed by atoms with Gasteiger partial charge in [-0.1, -0.05) is 12.1 Å². The molecular weight excluding hydrogens is 196 g/mol. The fourth-order valence-electron chi connectivity index (χ4n) is 1.16. The number of para-hydroxylation sites is 1. The molecule has 4 heteroatoms. The van der Waals surface area contributed by atoms with Crippen LogP contribution in [-0.2, 0) is 0 Å². The molecule has 0 bridgehead atoms. The number of nitrogens with zero attached hydrogens (tertiary/aromatic N) is 1. The summed E-state index contributed by atoms with van der Waals surface area (Å²) < 4.78 is 0. The van der Waals surface area contributed by atoms with Crippen LogP contribution in [0, 0.1) is 0 Å². The monoisotopic (exact) mass is 204 g/mol. The minimum atomic E-state index is 0.452. The summed E-state index contributed by atoms with van der Waals surface area (Å²) in [4.78, 5) is 14.6. The van der Waals surface area contributed by atoms with Crippen molar-refractivity contribution in [2.45, 2.75) is 0 Å². The molecule has 0 amide bonds. The Morgan fingerprint density at radius 2 is 2.14 bits per heavy atom. The molecule has 3 nitrogen and oxygen atoms in total. The van der Waals surface area contributed by atoms with E-state index in [4.69, 9.17) is 5.73 Å². The summed E-state index contributed by atoms with van der Waals surface area (Å²) in [5.74, 6) is 0. The van der Waals surface area contributed by atoms with E-state index in [0.717, 1.165) is 16.9 Å². The fraction of sp³-hybridized carbons (Fsp3) is 0. The number of rotatable bonds is 2. The lowest BCUT2D eigenvalue weighted by atomic mass is 10.2. The summed E-state index contributed by atoms with van der Waals surface area (Å²) in [6.45, 7) is 0. The third-order valence-electron chi connectivity index (χ3n) is 1.83. The number of nitrogen functional groups attached to an aromatic ring is 1. The van der Waals surface area contributed by atoms with E-state index in [0.29, 0.717) is 11.4 Å². The van der Waals surface area contributed by atoms with Gasteiger partial charge in [0.1, 0.15) is 10.7 Å². The Balaban J connectivity index is 2.49. The Morgan fingerprint density at radius 1 is 1.36 bits per heavy atom. The van der Waals surface area contributed by atoms with E-state index >= 15 is 0 Å². The van der Waals surface area contributed by atoms with Gasteiger partial charge in [0.25, 0.3) is 0 Å². The van der Waals surface area contributed by atoms with Crippen molar-refractivity contribution < 1.29 is 4.79 Å². The molecule has 0 saturated heterocycles. The number of hydrogen-bond acceptors (Lipinski definition) is 4. The second kappa shape index (κ2) is 3.59. The number of nitrogens with two attached hydrogens (primary N) is 1. The zero-order valence-electron chi connectivity index (χ0n) is 7.31. The maximum Gasteiger partial charge on any atom is 0.169 e. The van der Waals surface area contributed by atoms with Gasteiger partial charge in [0.2, 0.25) is 0 Å². The summed E-state index contributed by atoms with van der Waals surface area (Å²) in [7, 11) is 0. The summed E-state index contributed by atoms with van der Waals surface area (Å²) in [5, 5.41) is 2.50. The Morgan fingerprint density at radius 3 is 2.79 bits per heavy atom. The topological polar surface area (TPSA) is 56.0 Å². The van der Waals surface area contributed by atoms with Gasteiger partial charge in [-0.25, -0.2) is 4.98 Å². The van der Waals surface area contributed by atoms with Crippen molar-refractivity contribution in [1.82, 2.24) is 4.98 Å². The SMILES string of the molecule is Nc1ccccc1-c1nc(C=O)cs1. The van der Waals surface area contributed by atoms with Crippen molar-refractivity contribution in [3.63, 3.8) is 0 Å². The number of benzene rings is 1. The molecule has 0 fully saturated rings. The number of thiazole rings is 1. The highest BCUT2D eigenvalue weighted by Crippen LogP contribution is 2.27. The van der Waals surface area contributed by atoms with Crippen LogP contribution in [-0.4, -0.2) is 11.3 Å². The Bertz CT molecular complexity index is 465. The predicted molar refractivity (Wildman–Crippen MR) is 57.3 cm³/mol. The van der Waals surface area contributed by atoms with E-state index in [1.54, 1.807) is 5.38 Å². The van der Waals surface area contributed by atoms with E-state index in [1.807, 2.05) is 24.3 Å². The maximum atomic E-state index is 10.4. The number of hydrogen-bond donors (Lipinski definition) is 1. The molecule has 0 unspecified atom stereocenters. The van der Waals surface area contributed by atoms with Crippen LogP contribution in [0.15, 0.2) is 29.6 Å². The molecule has 2 aromatic rings. The van der Waals surface area contributed by atoms with Crippen LogP contribution < -0.4 is 5.73 Å². The van der Waals surface area contributed by atoms with E-state index in [1.165, 1.54) is 11.3 Å². The van der Waals surface area contributed by atoms with Gasteiger partial charge in [-0.05, 0) is 12.1 Å².